The van der Waals surface area contributed by atoms with E-state index in [0.717, 1.165) is 5.92 Å². The quantitative estimate of drug-likeness (QED) is 0.901. The highest BCUT2D eigenvalue weighted by Crippen LogP contribution is 2.29. The Bertz CT molecular complexity index is 400. The van der Waals surface area contributed by atoms with Gasteiger partial charge in [-0.05, 0) is 68.9 Å². The van der Waals surface area contributed by atoms with Gasteiger partial charge in [0.05, 0.1) is 0 Å². The molecule has 2 heterocycles. The number of halogens is 2. The molecule has 4 heteroatoms. The highest BCUT2D eigenvalue weighted by molar-refractivity contribution is 5.85. The first kappa shape index (κ1) is 18.8. The Morgan fingerprint density at radius 2 is 1.62 bits per heavy atom. The molecular weight excluding hydrogens is 303 g/mol. The summed E-state index contributed by atoms with van der Waals surface area (Å²) in [5.74, 6) is 0.780. The van der Waals surface area contributed by atoms with Crippen LogP contribution in [0.4, 0.5) is 0 Å². The smallest absolute Gasteiger partial charge is 0.0236 e. The Morgan fingerprint density at radius 1 is 0.952 bits per heavy atom. The van der Waals surface area contributed by atoms with Crippen LogP contribution in [-0.2, 0) is 6.54 Å². The molecule has 2 nitrogen and oxygen atoms in total. The zero-order valence-corrected chi connectivity index (χ0v) is 14.4. The van der Waals surface area contributed by atoms with Gasteiger partial charge in [-0.3, -0.25) is 4.90 Å². The molecule has 0 atom stereocenters. The van der Waals surface area contributed by atoms with Crippen molar-refractivity contribution in [3.8, 4) is 0 Å². The van der Waals surface area contributed by atoms with E-state index >= 15 is 0 Å². The summed E-state index contributed by atoms with van der Waals surface area (Å²) >= 11 is 0. The average Bonchev–Trinajstić information content (AvgIpc) is 2.50. The molecule has 3 rings (SSSR count). The zero-order chi connectivity index (χ0) is 12.9. The van der Waals surface area contributed by atoms with Gasteiger partial charge in [0, 0.05) is 6.54 Å². The molecule has 1 N–H and O–H groups in total. The summed E-state index contributed by atoms with van der Waals surface area (Å²) in [4.78, 5) is 2.64. The highest BCUT2D eigenvalue weighted by atomic mass is 35.5. The van der Waals surface area contributed by atoms with Gasteiger partial charge in [-0.1, -0.05) is 30.7 Å². The predicted molar refractivity (Wildman–Crippen MR) is 94.9 cm³/mol. The van der Waals surface area contributed by atoms with E-state index < -0.39 is 0 Å². The van der Waals surface area contributed by atoms with E-state index in [1.807, 2.05) is 0 Å². The van der Waals surface area contributed by atoms with E-state index in [4.69, 9.17) is 0 Å². The summed E-state index contributed by atoms with van der Waals surface area (Å²) < 4.78 is 0. The third kappa shape index (κ3) is 5.14. The number of rotatable bonds is 3. The van der Waals surface area contributed by atoms with Gasteiger partial charge in [-0.2, -0.15) is 0 Å². The van der Waals surface area contributed by atoms with Gasteiger partial charge in [-0.15, -0.1) is 24.8 Å². The maximum Gasteiger partial charge on any atom is 0.0236 e. The van der Waals surface area contributed by atoms with Crippen molar-refractivity contribution in [2.24, 2.45) is 0 Å². The van der Waals surface area contributed by atoms with Crippen molar-refractivity contribution in [3.63, 3.8) is 0 Å². The fraction of sp³-hybridized carbons (Fsp3) is 0.647. The minimum Gasteiger partial charge on any atom is -0.317 e. The maximum absolute atomic E-state index is 3.47. The molecule has 0 amide bonds. The number of nitrogens with one attached hydrogen (secondary N) is 1. The molecule has 0 spiro atoms. The van der Waals surface area contributed by atoms with Crippen LogP contribution in [0.2, 0.25) is 0 Å². The highest BCUT2D eigenvalue weighted by Gasteiger charge is 2.19. The van der Waals surface area contributed by atoms with Crippen LogP contribution in [0.1, 0.15) is 49.1 Å². The topological polar surface area (TPSA) is 15.3 Å². The fourth-order valence-corrected chi connectivity index (χ4v) is 3.57. The molecule has 1 aromatic carbocycles. The van der Waals surface area contributed by atoms with E-state index in [9.17, 15) is 0 Å². The number of benzene rings is 1. The summed E-state index contributed by atoms with van der Waals surface area (Å²) in [6.07, 6.45) is 6.80. The van der Waals surface area contributed by atoms with Crippen LogP contribution in [0.5, 0.6) is 0 Å². The second-order valence-electron chi connectivity index (χ2n) is 6.06. The van der Waals surface area contributed by atoms with Crippen molar-refractivity contribution in [2.45, 2.75) is 44.6 Å². The molecule has 0 bridgehead atoms. The minimum atomic E-state index is 0. The minimum absolute atomic E-state index is 0. The van der Waals surface area contributed by atoms with Crippen LogP contribution >= 0.6 is 24.8 Å². The lowest BCUT2D eigenvalue weighted by atomic mass is 9.87. The third-order valence-corrected chi connectivity index (χ3v) is 4.68. The standard InChI is InChI=1S/C17H26N2.2ClH/c1-4-12-19(13-5-1)14-16-6-2-3-7-17(16)15-8-10-18-11-9-15;;/h2-3,6-7,15,18H,1,4-5,8-14H2;2*1H. The number of hydrogen-bond donors (Lipinski definition) is 1. The number of piperidine rings is 2. The second kappa shape index (κ2) is 9.68. The first-order valence-corrected chi connectivity index (χ1v) is 7.94. The lowest BCUT2D eigenvalue weighted by Gasteiger charge is -2.30. The Kier molecular flexibility index (Phi) is 8.65. The monoisotopic (exact) mass is 330 g/mol. The zero-order valence-electron chi connectivity index (χ0n) is 12.7. The van der Waals surface area contributed by atoms with Gasteiger partial charge in [0.25, 0.3) is 0 Å². The SMILES string of the molecule is Cl.Cl.c1ccc(C2CCNCC2)c(CN2CCCCC2)c1. The van der Waals surface area contributed by atoms with Crippen LogP contribution in [0.3, 0.4) is 0 Å². The fourth-order valence-electron chi connectivity index (χ4n) is 3.57. The van der Waals surface area contributed by atoms with Gasteiger partial charge in [0.2, 0.25) is 0 Å². The molecule has 0 saturated carbocycles. The molecule has 0 aromatic heterocycles. The molecule has 21 heavy (non-hydrogen) atoms. The lowest BCUT2D eigenvalue weighted by Crippen LogP contribution is -2.30. The van der Waals surface area contributed by atoms with Crippen molar-refractivity contribution in [2.75, 3.05) is 26.2 Å². The summed E-state index contributed by atoms with van der Waals surface area (Å²) in [6, 6.07) is 9.15. The summed E-state index contributed by atoms with van der Waals surface area (Å²) in [7, 11) is 0. The molecule has 0 unspecified atom stereocenters. The van der Waals surface area contributed by atoms with Gasteiger partial charge in [-0.25, -0.2) is 0 Å². The molecule has 2 aliphatic heterocycles. The Morgan fingerprint density at radius 3 is 2.33 bits per heavy atom. The van der Waals surface area contributed by atoms with Crippen molar-refractivity contribution < 1.29 is 0 Å². The van der Waals surface area contributed by atoms with Gasteiger partial charge < -0.3 is 5.32 Å². The molecular formula is C17H28Cl2N2. The number of likely N-dealkylation sites (tertiary alicyclic amines) is 1. The Labute approximate surface area is 141 Å². The Hall–Kier alpha value is -0.280. The maximum atomic E-state index is 3.47. The van der Waals surface area contributed by atoms with Crippen LogP contribution in [0.15, 0.2) is 24.3 Å². The van der Waals surface area contributed by atoms with Crippen molar-refractivity contribution in [1.29, 1.82) is 0 Å². The lowest BCUT2D eigenvalue weighted by molar-refractivity contribution is 0.220. The van der Waals surface area contributed by atoms with E-state index in [1.165, 1.54) is 64.8 Å². The molecule has 2 aliphatic rings. The molecule has 120 valence electrons. The third-order valence-electron chi connectivity index (χ3n) is 4.68. The van der Waals surface area contributed by atoms with E-state index in [0.29, 0.717) is 0 Å². The van der Waals surface area contributed by atoms with Gasteiger partial charge >= 0.3 is 0 Å². The normalized spacial score (nSPS) is 20.4. The summed E-state index contributed by atoms with van der Waals surface area (Å²) in [5.41, 5.74) is 3.20. The largest absolute Gasteiger partial charge is 0.317 e. The van der Waals surface area contributed by atoms with Crippen molar-refractivity contribution in [1.82, 2.24) is 10.2 Å². The van der Waals surface area contributed by atoms with Gasteiger partial charge in [0.1, 0.15) is 0 Å². The van der Waals surface area contributed by atoms with Crippen molar-refractivity contribution >= 4 is 24.8 Å². The summed E-state index contributed by atoms with van der Waals surface area (Å²) in [5, 5.41) is 3.47. The van der Waals surface area contributed by atoms with Crippen molar-refractivity contribution in [3.05, 3.63) is 35.4 Å². The van der Waals surface area contributed by atoms with E-state index in [2.05, 4.69) is 34.5 Å². The number of nitrogens with zero attached hydrogens (tertiary/aromatic N) is 1. The first-order chi connectivity index (χ1) is 9.43. The molecule has 0 radical (unpaired) electrons. The Balaban J connectivity index is 0.00000110. The first-order valence-electron chi connectivity index (χ1n) is 7.94. The summed E-state index contributed by atoms with van der Waals surface area (Å²) in [6.45, 7) is 6.12. The molecule has 2 saturated heterocycles. The number of hydrogen-bond acceptors (Lipinski definition) is 2. The molecule has 0 aliphatic carbocycles. The second-order valence-corrected chi connectivity index (χ2v) is 6.06. The predicted octanol–water partition coefficient (Wildman–Crippen LogP) is 3.98. The van der Waals surface area contributed by atoms with Gasteiger partial charge in [0.15, 0.2) is 0 Å². The molecule has 2 fully saturated rings. The van der Waals surface area contributed by atoms with E-state index in [-0.39, 0.29) is 24.8 Å². The van der Waals surface area contributed by atoms with Crippen LogP contribution in [0.25, 0.3) is 0 Å². The average molecular weight is 331 g/mol. The van der Waals surface area contributed by atoms with Crippen LogP contribution in [0, 0.1) is 0 Å². The molecule has 1 aromatic rings. The van der Waals surface area contributed by atoms with Crippen LogP contribution < -0.4 is 5.32 Å². The van der Waals surface area contributed by atoms with E-state index in [1.54, 1.807) is 11.1 Å². The van der Waals surface area contributed by atoms with Crippen LogP contribution in [-0.4, -0.2) is 31.1 Å².